The molecule has 0 aromatic heterocycles. The fourth-order valence-electron chi connectivity index (χ4n) is 10.9. The molecule has 2 bridgehead atoms. The smallest absolute Gasteiger partial charge is 0.456 e. The van der Waals surface area contributed by atoms with Crippen molar-refractivity contribution in [3.8, 4) is 11.5 Å². The number of rotatable bonds is 12. The van der Waals surface area contributed by atoms with Crippen LogP contribution in [0.5, 0.6) is 11.5 Å². The molecule has 0 radical (unpaired) electrons. The van der Waals surface area contributed by atoms with Gasteiger partial charge in [-0.2, -0.15) is 0 Å². The number of ether oxygens (including phenoxy) is 5. The molecule has 6 rings (SSSR count). The molecule has 72 heavy (non-hydrogen) atoms. The van der Waals surface area contributed by atoms with Crippen LogP contribution in [0.1, 0.15) is 112 Å². The fourth-order valence-corrected chi connectivity index (χ4v) is 12.4. The largest absolute Gasteiger partial charge is 0.587 e. The molecule has 2 aromatic rings. The van der Waals surface area contributed by atoms with Gasteiger partial charge in [0.2, 0.25) is 5.79 Å². The Bertz CT molecular complexity index is 2200. The number of benzene rings is 2. The van der Waals surface area contributed by atoms with Crippen LogP contribution in [-0.4, -0.2) is 121 Å². The Morgan fingerprint density at radius 2 is 1.43 bits per heavy atom. The number of phosphoric acid groups is 1. The summed E-state index contributed by atoms with van der Waals surface area (Å²) in [6.07, 6.45) is 2.33. The van der Waals surface area contributed by atoms with E-state index in [1.165, 1.54) is 19.1 Å². The SMILES string of the molecule is CC[C@@H]1/C=C(\C)C[C@H](C)C[C@H](OC)[C@H]2O[C@@](O)(C(=O)C(=O)N3CCCC[C@H]3C(=O)O[C@H](/C(C)=C/[C@@H]3CC[C@@H](OP(=O)(Oc4ccccc4)Oc4ccccc4)[C@H](OC)C3)[C@H](C)C(O)CC1=O)[C@H](C)C[C@@H]2OC. The van der Waals surface area contributed by atoms with Gasteiger partial charge in [0, 0.05) is 52.0 Å². The monoisotopic (exact) mass is 1020 g/mol. The molecule has 1 saturated carbocycles. The van der Waals surface area contributed by atoms with Crippen LogP contribution in [-0.2, 0) is 52.0 Å². The van der Waals surface area contributed by atoms with Gasteiger partial charge in [-0.05, 0) is 120 Å². The van der Waals surface area contributed by atoms with E-state index in [4.69, 9.17) is 37.3 Å². The maximum Gasteiger partial charge on any atom is 0.587 e. The number of ketones is 2. The minimum Gasteiger partial charge on any atom is -0.456 e. The van der Waals surface area contributed by atoms with E-state index in [0.717, 1.165) is 5.57 Å². The summed E-state index contributed by atoms with van der Waals surface area (Å²) < 4.78 is 62.9. The number of hydrogen-bond acceptors (Lipinski definition) is 15. The Hall–Kier alpha value is -4.25. The first-order chi connectivity index (χ1) is 34.3. The van der Waals surface area contributed by atoms with E-state index in [1.807, 2.05) is 45.1 Å². The number of aliphatic hydroxyl groups is 2. The van der Waals surface area contributed by atoms with Gasteiger partial charge in [-0.25, -0.2) is 9.36 Å². The lowest BCUT2D eigenvalue weighted by Crippen LogP contribution is -2.64. The highest BCUT2D eigenvalue weighted by molar-refractivity contribution is 7.49. The quantitative estimate of drug-likeness (QED) is 0.0883. The van der Waals surface area contributed by atoms with Crippen LogP contribution < -0.4 is 9.05 Å². The lowest BCUT2D eigenvalue weighted by atomic mass is 9.81. The summed E-state index contributed by atoms with van der Waals surface area (Å²) >= 11 is 0. The summed E-state index contributed by atoms with van der Waals surface area (Å²) in [5.41, 5.74) is 1.56. The summed E-state index contributed by atoms with van der Waals surface area (Å²) in [4.78, 5) is 58.7. The predicted octanol–water partition coefficient (Wildman–Crippen LogP) is 8.76. The standard InChI is InChI=1S/C55H78NO15P/c1-10-40-28-34(2)27-35(3)29-48(65-8)51-49(66-9)31-37(5)55(62,68-51)52(59)53(60)56-26-18-17-23-43(56)54(61)67-50(38(6)44(57)33-45(40)58)36(4)30-39-24-25-46(47(32-39)64-7)71-72(63,69-41-19-13-11-14-20-41)70-42-21-15-12-16-22-42/h11-16,19-22,28,30,35,37-40,43-44,46-51,57,62H,10,17-18,23-27,29,31-33H2,1-9H3/b34-28+,36-30+/t35-,37+,38+,39-,40+,43-,44?,46+,47+,48-,49-,50+,51+,55+/m0/s1. The van der Waals surface area contributed by atoms with Gasteiger partial charge in [-0.15, -0.1) is 0 Å². The molecule has 14 atom stereocenters. The molecule has 4 aliphatic rings. The maximum absolute atomic E-state index is 14.6. The molecule has 1 unspecified atom stereocenters. The first kappa shape index (κ1) is 57.0. The Morgan fingerprint density at radius 3 is 2.03 bits per heavy atom. The molecule has 3 aliphatic heterocycles. The van der Waals surface area contributed by atoms with E-state index >= 15 is 0 Å². The second-order valence-corrected chi connectivity index (χ2v) is 22.0. The van der Waals surface area contributed by atoms with Crippen molar-refractivity contribution in [2.75, 3.05) is 27.9 Å². The predicted molar refractivity (Wildman–Crippen MR) is 269 cm³/mol. The number of allylic oxidation sites excluding steroid dienone is 3. The molecule has 1 amide bonds. The lowest BCUT2D eigenvalue weighted by molar-refractivity contribution is -0.302. The number of piperidine rings is 1. The van der Waals surface area contributed by atoms with Crippen molar-refractivity contribution in [3.05, 3.63) is 84.0 Å². The number of hydrogen-bond donors (Lipinski definition) is 2. The number of cyclic esters (lactones) is 1. The number of esters is 1. The van der Waals surface area contributed by atoms with Gasteiger partial charge in [0.25, 0.3) is 11.7 Å². The zero-order valence-electron chi connectivity index (χ0n) is 43.5. The van der Waals surface area contributed by atoms with Crippen molar-refractivity contribution >= 4 is 31.3 Å². The van der Waals surface area contributed by atoms with E-state index in [9.17, 15) is 34.0 Å². The Kier molecular flexibility index (Phi) is 20.4. The Morgan fingerprint density at radius 1 is 0.819 bits per heavy atom. The number of carbonyl (C=O) groups is 4. The molecule has 1 aliphatic carbocycles. The zero-order chi connectivity index (χ0) is 52.3. The highest BCUT2D eigenvalue weighted by Gasteiger charge is 2.57. The average Bonchev–Trinajstić information content (AvgIpc) is 3.36. The number of carbonyl (C=O) groups excluding carboxylic acids is 4. The molecule has 398 valence electrons. The van der Waals surface area contributed by atoms with E-state index in [2.05, 4.69) is 0 Å². The van der Waals surface area contributed by atoms with Crippen molar-refractivity contribution in [1.82, 2.24) is 4.90 Å². The number of phosphoric ester groups is 1. The fraction of sp³-hybridized carbons (Fsp3) is 0.636. The maximum atomic E-state index is 14.6. The molecule has 2 aromatic carbocycles. The van der Waals surface area contributed by atoms with E-state index in [0.29, 0.717) is 68.4 Å². The summed E-state index contributed by atoms with van der Waals surface area (Å²) in [5, 5.41) is 24.1. The first-order valence-corrected chi connectivity index (χ1v) is 27.2. The normalized spacial score (nSPS) is 35.0. The molecule has 3 fully saturated rings. The van der Waals surface area contributed by atoms with Crippen LogP contribution in [0.2, 0.25) is 0 Å². The number of fused-ring (bicyclic) bond motifs is 3. The van der Waals surface area contributed by atoms with Gasteiger partial charge in [0.05, 0.1) is 30.5 Å². The number of para-hydroxylation sites is 2. The molecule has 2 saturated heterocycles. The summed E-state index contributed by atoms with van der Waals surface area (Å²) in [5.74, 6) is -7.46. The molecule has 17 heteroatoms. The van der Waals surface area contributed by atoms with Crippen LogP contribution in [0.15, 0.2) is 84.0 Å². The molecule has 2 N–H and O–H groups in total. The van der Waals surface area contributed by atoms with Gasteiger partial charge in [-0.1, -0.05) is 81.8 Å². The second-order valence-electron chi connectivity index (χ2n) is 20.5. The first-order valence-electron chi connectivity index (χ1n) is 25.7. The highest BCUT2D eigenvalue weighted by atomic mass is 31.2. The van der Waals surface area contributed by atoms with Gasteiger partial charge in [-0.3, -0.25) is 18.9 Å². The number of amides is 1. The molecule has 3 heterocycles. The van der Waals surface area contributed by atoms with Crippen LogP contribution in [0, 0.1) is 29.6 Å². The molecular weight excluding hydrogens is 946 g/mol. The second kappa shape index (κ2) is 25.8. The van der Waals surface area contributed by atoms with Crippen molar-refractivity contribution < 1.29 is 71.2 Å². The summed E-state index contributed by atoms with van der Waals surface area (Å²) in [7, 11) is 0.326. The van der Waals surface area contributed by atoms with Crippen molar-refractivity contribution in [2.45, 2.75) is 167 Å². The van der Waals surface area contributed by atoms with Gasteiger partial charge in [0.15, 0.2) is 0 Å². The minimum atomic E-state index is -4.27. The number of aliphatic hydroxyl groups excluding tert-OH is 1. The van der Waals surface area contributed by atoms with Crippen LogP contribution >= 0.6 is 7.82 Å². The number of nitrogens with zero attached hydrogens (tertiary/aromatic N) is 1. The number of methoxy groups -OCH3 is 3. The Balaban J connectivity index is 1.30. The Labute approximate surface area is 425 Å². The minimum absolute atomic E-state index is 0.00276. The third-order valence-electron chi connectivity index (χ3n) is 15.1. The topological polar surface area (TPSA) is 203 Å². The lowest BCUT2D eigenvalue weighted by Gasteiger charge is -2.47. The summed E-state index contributed by atoms with van der Waals surface area (Å²) in [6, 6.07) is 16.1. The van der Waals surface area contributed by atoms with E-state index in [1.54, 1.807) is 76.4 Å². The number of Topliss-reactive ketones (excluding diaryl/α,β-unsaturated/α-hetero) is 2. The van der Waals surface area contributed by atoms with E-state index < -0.39 is 97.8 Å². The zero-order valence-corrected chi connectivity index (χ0v) is 44.4. The average molecular weight is 1020 g/mol. The van der Waals surface area contributed by atoms with Gasteiger partial charge in [0.1, 0.15) is 35.5 Å². The van der Waals surface area contributed by atoms with Gasteiger partial charge < -0.3 is 47.8 Å². The van der Waals surface area contributed by atoms with E-state index in [-0.39, 0.29) is 43.4 Å². The molecular formula is C55H78NO15P. The molecule has 16 nitrogen and oxygen atoms in total. The van der Waals surface area contributed by atoms with Crippen LogP contribution in [0.25, 0.3) is 0 Å². The van der Waals surface area contributed by atoms with Crippen LogP contribution in [0.4, 0.5) is 0 Å². The third kappa shape index (κ3) is 14.1. The van der Waals surface area contributed by atoms with Crippen molar-refractivity contribution in [3.63, 3.8) is 0 Å². The van der Waals surface area contributed by atoms with Crippen molar-refractivity contribution in [1.29, 1.82) is 0 Å². The van der Waals surface area contributed by atoms with Crippen molar-refractivity contribution in [2.24, 2.45) is 29.6 Å². The summed E-state index contributed by atoms with van der Waals surface area (Å²) in [6.45, 7) is 11.1. The highest BCUT2D eigenvalue weighted by Crippen LogP contribution is 2.53. The third-order valence-corrected chi connectivity index (χ3v) is 16.5. The molecule has 0 spiro atoms. The van der Waals surface area contributed by atoms with Crippen LogP contribution in [0.3, 0.4) is 0 Å². The van der Waals surface area contributed by atoms with Gasteiger partial charge >= 0.3 is 13.8 Å².